The van der Waals surface area contributed by atoms with Gasteiger partial charge < -0.3 is 8.97 Å². The first kappa shape index (κ1) is 20.6. The lowest BCUT2D eigenvalue weighted by molar-refractivity contribution is -0.930. The average molecular weight is 414 g/mol. The van der Waals surface area contributed by atoms with Crippen LogP contribution in [0.3, 0.4) is 0 Å². The van der Waals surface area contributed by atoms with Crippen LogP contribution in [0, 0.1) is 0 Å². The van der Waals surface area contributed by atoms with Gasteiger partial charge in [0, 0.05) is 24.0 Å². The largest absolute Gasteiger partial charge is 0.326 e. The van der Waals surface area contributed by atoms with Crippen LogP contribution in [0.15, 0.2) is 0 Å². The van der Waals surface area contributed by atoms with Gasteiger partial charge in [0.2, 0.25) is 0 Å². The Balaban J connectivity index is 2.01. The van der Waals surface area contributed by atoms with Crippen molar-refractivity contribution in [3.05, 3.63) is 31.2 Å². The van der Waals surface area contributed by atoms with Crippen molar-refractivity contribution in [2.45, 2.75) is 39.8 Å². The Labute approximate surface area is 166 Å². The molecule has 1 aromatic rings. The van der Waals surface area contributed by atoms with E-state index in [-0.39, 0.29) is 0 Å². The second kappa shape index (κ2) is 7.90. The topological polar surface area (TPSA) is 0 Å². The minimum absolute atomic E-state index is 0.384. The summed E-state index contributed by atoms with van der Waals surface area (Å²) in [7, 11) is 4.60. The standard InChI is InChI=1S/C18H28Cl4N2/c1-5-23(3,6-2)9-7-8-10-24(4)11-13-14(12-24)16(20)18(22)17(21)15(13)19/h5-12H2,1-4H3/q+2. The lowest BCUT2D eigenvalue weighted by Crippen LogP contribution is -2.45. The molecule has 0 unspecified atom stereocenters. The number of fused-ring (bicyclic) bond motifs is 1. The molecule has 0 atom stereocenters. The van der Waals surface area contributed by atoms with E-state index in [0.29, 0.717) is 20.1 Å². The summed E-state index contributed by atoms with van der Waals surface area (Å²) in [5, 5.41) is 1.91. The molecule has 0 spiro atoms. The number of unbranched alkanes of at least 4 members (excludes halogenated alkanes) is 1. The maximum atomic E-state index is 6.41. The highest BCUT2D eigenvalue weighted by Crippen LogP contribution is 2.46. The quantitative estimate of drug-likeness (QED) is 0.221. The van der Waals surface area contributed by atoms with Gasteiger partial charge in [0.25, 0.3) is 0 Å². The van der Waals surface area contributed by atoms with Crippen LogP contribution in [-0.2, 0) is 13.1 Å². The van der Waals surface area contributed by atoms with Crippen LogP contribution in [0.1, 0.15) is 37.8 Å². The smallest absolute Gasteiger partial charge is 0.106 e. The Morgan fingerprint density at radius 1 is 0.833 bits per heavy atom. The third kappa shape index (κ3) is 4.16. The first-order valence-corrected chi connectivity index (χ1v) is 10.2. The molecule has 0 saturated heterocycles. The Morgan fingerprint density at radius 2 is 1.29 bits per heavy atom. The van der Waals surface area contributed by atoms with Crippen molar-refractivity contribution in [2.75, 3.05) is 40.3 Å². The van der Waals surface area contributed by atoms with E-state index < -0.39 is 0 Å². The first-order chi connectivity index (χ1) is 11.2. The number of nitrogens with zero attached hydrogens (tertiary/aromatic N) is 2. The Hall–Kier alpha value is 0.300. The van der Waals surface area contributed by atoms with Crippen LogP contribution in [0.2, 0.25) is 20.1 Å². The van der Waals surface area contributed by atoms with E-state index in [2.05, 4.69) is 27.9 Å². The fraction of sp³-hybridized carbons (Fsp3) is 0.667. The Bertz CT molecular complexity index is 575. The summed E-state index contributed by atoms with van der Waals surface area (Å²) in [5.74, 6) is 0. The maximum absolute atomic E-state index is 6.41. The Kier molecular flexibility index (Phi) is 6.78. The third-order valence-electron chi connectivity index (χ3n) is 5.72. The van der Waals surface area contributed by atoms with Gasteiger partial charge >= 0.3 is 0 Å². The highest BCUT2D eigenvalue weighted by molar-refractivity contribution is 6.52. The van der Waals surface area contributed by atoms with Crippen molar-refractivity contribution in [2.24, 2.45) is 0 Å². The van der Waals surface area contributed by atoms with Crippen LogP contribution < -0.4 is 0 Å². The van der Waals surface area contributed by atoms with Crippen LogP contribution >= 0.6 is 46.4 Å². The fourth-order valence-corrected chi connectivity index (χ4v) is 4.61. The molecule has 2 nitrogen and oxygen atoms in total. The molecular formula is C18H28Cl4N2+2. The van der Waals surface area contributed by atoms with Gasteiger partial charge in [0.05, 0.1) is 60.4 Å². The zero-order valence-electron chi connectivity index (χ0n) is 15.1. The van der Waals surface area contributed by atoms with Gasteiger partial charge in [-0.05, 0) is 13.8 Å². The normalized spacial score (nSPS) is 16.5. The molecule has 0 fully saturated rings. The molecular weight excluding hydrogens is 386 g/mol. The highest BCUT2D eigenvalue weighted by atomic mass is 35.5. The lowest BCUT2D eigenvalue weighted by atomic mass is 10.1. The number of quaternary nitrogens is 2. The molecule has 0 aliphatic carbocycles. The first-order valence-electron chi connectivity index (χ1n) is 8.67. The molecule has 0 bridgehead atoms. The third-order valence-corrected chi connectivity index (χ3v) is 7.61. The minimum atomic E-state index is 0.384. The number of hydrogen-bond acceptors (Lipinski definition) is 0. The van der Waals surface area contributed by atoms with Gasteiger partial charge in [0.15, 0.2) is 0 Å². The molecule has 24 heavy (non-hydrogen) atoms. The molecule has 2 rings (SSSR count). The highest BCUT2D eigenvalue weighted by Gasteiger charge is 2.37. The van der Waals surface area contributed by atoms with Gasteiger partial charge in [-0.15, -0.1) is 0 Å². The molecule has 0 radical (unpaired) electrons. The molecule has 136 valence electrons. The van der Waals surface area contributed by atoms with E-state index in [0.717, 1.165) is 39.7 Å². The second-order valence-corrected chi connectivity index (χ2v) is 9.07. The van der Waals surface area contributed by atoms with Crippen molar-refractivity contribution in [1.29, 1.82) is 0 Å². The van der Waals surface area contributed by atoms with Gasteiger partial charge in [-0.2, -0.15) is 0 Å². The van der Waals surface area contributed by atoms with Crippen molar-refractivity contribution in [3.63, 3.8) is 0 Å². The van der Waals surface area contributed by atoms with Crippen molar-refractivity contribution in [3.8, 4) is 0 Å². The summed E-state index contributed by atoms with van der Waals surface area (Å²) < 4.78 is 2.07. The summed E-state index contributed by atoms with van der Waals surface area (Å²) >= 11 is 25.3. The van der Waals surface area contributed by atoms with Gasteiger partial charge in [-0.25, -0.2) is 0 Å². The molecule has 0 N–H and O–H groups in total. The Morgan fingerprint density at radius 3 is 1.71 bits per heavy atom. The van der Waals surface area contributed by atoms with Gasteiger partial charge in [-0.1, -0.05) is 46.4 Å². The average Bonchev–Trinajstić information content (AvgIpc) is 2.93. The van der Waals surface area contributed by atoms with Gasteiger partial charge in [-0.3, -0.25) is 0 Å². The van der Waals surface area contributed by atoms with Crippen LogP contribution in [0.25, 0.3) is 0 Å². The summed E-state index contributed by atoms with van der Waals surface area (Å²) in [6.45, 7) is 11.0. The predicted molar refractivity (Wildman–Crippen MR) is 106 cm³/mol. The van der Waals surface area contributed by atoms with E-state index in [9.17, 15) is 0 Å². The summed E-state index contributed by atoms with van der Waals surface area (Å²) in [5.41, 5.74) is 2.14. The molecule has 1 aromatic carbocycles. The zero-order valence-corrected chi connectivity index (χ0v) is 18.1. The van der Waals surface area contributed by atoms with Crippen LogP contribution in [0.5, 0.6) is 0 Å². The molecule has 6 heteroatoms. The molecule has 0 aromatic heterocycles. The van der Waals surface area contributed by atoms with Crippen LogP contribution in [-0.4, -0.2) is 49.2 Å². The van der Waals surface area contributed by atoms with E-state index in [1.54, 1.807) is 0 Å². The molecule has 0 amide bonds. The van der Waals surface area contributed by atoms with E-state index >= 15 is 0 Å². The molecule has 1 heterocycles. The summed E-state index contributed by atoms with van der Waals surface area (Å²) in [6, 6.07) is 0. The van der Waals surface area contributed by atoms with Crippen molar-refractivity contribution >= 4 is 46.4 Å². The number of halogens is 4. The second-order valence-electron chi connectivity index (χ2n) is 7.56. The SMILES string of the molecule is CC[N+](C)(CC)CCCC[N+]1(C)Cc2c(Cl)c(Cl)c(Cl)c(Cl)c2C1. The molecule has 1 aliphatic rings. The van der Waals surface area contributed by atoms with Crippen molar-refractivity contribution < 1.29 is 8.97 Å². The molecule has 1 aliphatic heterocycles. The fourth-order valence-electron chi connectivity index (χ4n) is 3.56. The maximum Gasteiger partial charge on any atom is 0.106 e. The van der Waals surface area contributed by atoms with Gasteiger partial charge in [0.1, 0.15) is 13.1 Å². The summed E-state index contributed by atoms with van der Waals surface area (Å²) in [6.07, 6.45) is 2.44. The van der Waals surface area contributed by atoms with E-state index in [1.807, 2.05) is 0 Å². The zero-order chi connectivity index (χ0) is 18.1. The van der Waals surface area contributed by atoms with E-state index in [1.165, 1.54) is 32.5 Å². The van der Waals surface area contributed by atoms with Crippen molar-refractivity contribution in [1.82, 2.24) is 0 Å². The minimum Gasteiger partial charge on any atom is -0.326 e. The monoisotopic (exact) mass is 412 g/mol. The number of hydrogen-bond donors (Lipinski definition) is 0. The van der Waals surface area contributed by atoms with Crippen LogP contribution in [0.4, 0.5) is 0 Å². The summed E-state index contributed by atoms with van der Waals surface area (Å²) in [4.78, 5) is 0. The number of benzene rings is 1. The predicted octanol–water partition coefficient (Wildman–Crippen LogP) is 6.03. The van der Waals surface area contributed by atoms with E-state index in [4.69, 9.17) is 46.4 Å². The number of rotatable bonds is 7. The molecule has 0 saturated carbocycles. The lowest BCUT2D eigenvalue weighted by Gasteiger charge is -2.33.